The van der Waals surface area contributed by atoms with Gasteiger partial charge in [-0.2, -0.15) is 5.10 Å². The summed E-state index contributed by atoms with van der Waals surface area (Å²) >= 11 is 0. The van der Waals surface area contributed by atoms with Gasteiger partial charge in [0.15, 0.2) is 0 Å². The van der Waals surface area contributed by atoms with Crippen molar-refractivity contribution in [2.24, 2.45) is 18.9 Å². The molecule has 0 spiro atoms. The highest BCUT2D eigenvalue weighted by Gasteiger charge is 2.22. The third-order valence-corrected chi connectivity index (χ3v) is 5.74. The molecule has 3 rings (SSSR count). The van der Waals surface area contributed by atoms with E-state index in [1.807, 2.05) is 4.68 Å². The SMILES string of the molecule is CC(C)c1cccc(-c2cc(CN3CCC(C(C)C)CC3)nn2C)c1. The molecule has 2 aromatic rings. The highest BCUT2D eigenvalue weighted by Crippen LogP contribution is 2.27. The van der Waals surface area contributed by atoms with Crippen LogP contribution in [0.2, 0.25) is 0 Å². The smallest absolute Gasteiger partial charge is 0.0771 e. The predicted molar refractivity (Wildman–Crippen MR) is 106 cm³/mol. The van der Waals surface area contributed by atoms with E-state index >= 15 is 0 Å². The van der Waals surface area contributed by atoms with E-state index in [-0.39, 0.29) is 0 Å². The van der Waals surface area contributed by atoms with Crippen molar-refractivity contribution in [1.29, 1.82) is 0 Å². The van der Waals surface area contributed by atoms with Crippen LogP contribution in [0.15, 0.2) is 30.3 Å². The maximum atomic E-state index is 4.78. The van der Waals surface area contributed by atoms with Crippen molar-refractivity contribution in [2.45, 2.75) is 53.0 Å². The molecule has 0 aliphatic carbocycles. The lowest BCUT2D eigenvalue weighted by molar-refractivity contribution is 0.150. The molecule has 0 radical (unpaired) electrons. The summed E-state index contributed by atoms with van der Waals surface area (Å²) in [7, 11) is 2.06. The molecule has 0 unspecified atom stereocenters. The summed E-state index contributed by atoms with van der Waals surface area (Å²) in [6.07, 6.45) is 2.65. The van der Waals surface area contributed by atoms with Crippen molar-refractivity contribution in [3.05, 3.63) is 41.6 Å². The van der Waals surface area contributed by atoms with Gasteiger partial charge < -0.3 is 0 Å². The van der Waals surface area contributed by atoms with Gasteiger partial charge in [-0.3, -0.25) is 9.58 Å². The van der Waals surface area contributed by atoms with Crippen molar-refractivity contribution >= 4 is 0 Å². The molecule has 1 aromatic carbocycles. The second kappa shape index (κ2) is 7.74. The molecule has 1 fully saturated rings. The van der Waals surface area contributed by atoms with E-state index in [0.29, 0.717) is 5.92 Å². The van der Waals surface area contributed by atoms with Crippen molar-refractivity contribution in [3.8, 4) is 11.3 Å². The zero-order valence-electron chi connectivity index (χ0n) is 16.5. The van der Waals surface area contributed by atoms with Gasteiger partial charge in [0.25, 0.3) is 0 Å². The zero-order chi connectivity index (χ0) is 18.0. The maximum Gasteiger partial charge on any atom is 0.0771 e. The van der Waals surface area contributed by atoms with Gasteiger partial charge in [0, 0.05) is 19.2 Å². The average molecular weight is 340 g/mol. The number of piperidine rings is 1. The second-order valence-electron chi connectivity index (χ2n) is 8.28. The van der Waals surface area contributed by atoms with Crippen LogP contribution in [0.4, 0.5) is 0 Å². The molecule has 0 bridgehead atoms. The van der Waals surface area contributed by atoms with E-state index < -0.39 is 0 Å². The molecule has 1 aliphatic heterocycles. The van der Waals surface area contributed by atoms with Gasteiger partial charge in [0.2, 0.25) is 0 Å². The van der Waals surface area contributed by atoms with Gasteiger partial charge in [0.05, 0.1) is 11.4 Å². The fraction of sp³-hybridized carbons (Fsp3) is 0.591. The van der Waals surface area contributed by atoms with Crippen molar-refractivity contribution < 1.29 is 0 Å². The van der Waals surface area contributed by atoms with Gasteiger partial charge in [0.1, 0.15) is 0 Å². The van der Waals surface area contributed by atoms with Crippen LogP contribution in [0, 0.1) is 11.8 Å². The summed E-state index contributed by atoms with van der Waals surface area (Å²) in [6, 6.07) is 11.1. The fourth-order valence-corrected chi connectivity index (χ4v) is 3.94. The number of benzene rings is 1. The fourth-order valence-electron chi connectivity index (χ4n) is 3.94. The molecule has 25 heavy (non-hydrogen) atoms. The molecular weight excluding hydrogens is 306 g/mol. The molecular formula is C22H33N3. The predicted octanol–water partition coefficient (Wildman–Crippen LogP) is 5.08. The normalized spacial score (nSPS) is 16.9. The van der Waals surface area contributed by atoms with E-state index in [1.165, 1.54) is 48.4 Å². The van der Waals surface area contributed by atoms with Crippen molar-refractivity contribution in [3.63, 3.8) is 0 Å². The standard InChI is InChI=1S/C22H33N3/c1-16(2)18-9-11-25(12-10-18)15-21-14-22(24(5)23-21)20-8-6-7-19(13-20)17(3)4/h6-8,13-14,16-18H,9-12,15H2,1-5H3. The third kappa shape index (κ3) is 4.33. The third-order valence-electron chi connectivity index (χ3n) is 5.74. The number of aromatic nitrogens is 2. The Labute approximate surface area is 153 Å². The van der Waals surface area contributed by atoms with Crippen LogP contribution in [0.3, 0.4) is 0 Å². The number of aryl methyl sites for hydroxylation is 1. The Morgan fingerprint density at radius 1 is 1.08 bits per heavy atom. The van der Waals surface area contributed by atoms with Gasteiger partial charge in [-0.15, -0.1) is 0 Å². The Bertz CT molecular complexity index is 691. The number of likely N-dealkylation sites (tertiary alicyclic amines) is 1. The average Bonchev–Trinajstić information content (AvgIpc) is 2.95. The summed E-state index contributed by atoms with van der Waals surface area (Å²) in [6.45, 7) is 12.6. The van der Waals surface area contributed by atoms with Crippen LogP contribution in [0.1, 0.15) is 57.7 Å². The largest absolute Gasteiger partial charge is 0.297 e. The molecule has 3 heteroatoms. The lowest BCUT2D eigenvalue weighted by Crippen LogP contribution is -2.34. The lowest BCUT2D eigenvalue weighted by atomic mass is 9.87. The first-order valence-electron chi connectivity index (χ1n) is 9.79. The Balaban J connectivity index is 1.70. The summed E-state index contributed by atoms with van der Waals surface area (Å²) in [5.41, 5.74) is 5.06. The number of rotatable bonds is 5. The van der Waals surface area contributed by atoms with E-state index in [4.69, 9.17) is 5.10 Å². The molecule has 3 nitrogen and oxygen atoms in total. The second-order valence-corrected chi connectivity index (χ2v) is 8.28. The van der Waals surface area contributed by atoms with E-state index in [0.717, 1.165) is 18.4 Å². The Morgan fingerprint density at radius 3 is 2.44 bits per heavy atom. The minimum absolute atomic E-state index is 0.551. The number of nitrogens with zero attached hydrogens (tertiary/aromatic N) is 3. The lowest BCUT2D eigenvalue weighted by Gasteiger charge is -2.33. The first-order chi connectivity index (χ1) is 11.9. The number of hydrogen-bond acceptors (Lipinski definition) is 2. The molecule has 0 saturated carbocycles. The first kappa shape index (κ1) is 18.2. The van der Waals surface area contributed by atoms with Crippen molar-refractivity contribution in [1.82, 2.24) is 14.7 Å². The molecule has 1 aliphatic rings. The molecule has 1 aromatic heterocycles. The maximum absolute atomic E-state index is 4.78. The summed E-state index contributed by atoms with van der Waals surface area (Å²) < 4.78 is 2.04. The summed E-state index contributed by atoms with van der Waals surface area (Å²) in [5, 5.41) is 4.78. The molecule has 2 heterocycles. The Hall–Kier alpha value is -1.61. The first-order valence-corrected chi connectivity index (χ1v) is 9.79. The van der Waals surface area contributed by atoms with Crippen LogP contribution in [0.25, 0.3) is 11.3 Å². The summed E-state index contributed by atoms with van der Waals surface area (Å²) in [5.74, 6) is 2.26. The minimum Gasteiger partial charge on any atom is -0.297 e. The molecule has 0 atom stereocenters. The van der Waals surface area contributed by atoms with Crippen LogP contribution >= 0.6 is 0 Å². The quantitative estimate of drug-likeness (QED) is 0.757. The van der Waals surface area contributed by atoms with Crippen LogP contribution in [-0.2, 0) is 13.6 Å². The van der Waals surface area contributed by atoms with Crippen LogP contribution in [-0.4, -0.2) is 27.8 Å². The zero-order valence-corrected chi connectivity index (χ0v) is 16.5. The Morgan fingerprint density at radius 2 is 1.80 bits per heavy atom. The monoisotopic (exact) mass is 339 g/mol. The molecule has 0 amide bonds. The van der Waals surface area contributed by atoms with Gasteiger partial charge >= 0.3 is 0 Å². The number of hydrogen-bond donors (Lipinski definition) is 0. The molecule has 136 valence electrons. The van der Waals surface area contributed by atoms with E-state index in [1.54, 1.807) is 0 Å². The van der Waals surface area contributed by atoms with Crippen LogP contribution < -0.4 is 0 Å². The topological polar surface area (TPSA) is 21.1 Å². The van der Waals surface area contributed by atoms with Gasteiger partial charge in [-0.1, -0.05) is 45.9 Å². The van der Waals surface area contributed by atoms with Crippen molar-refractivity contribution in [2.75, 3.05) is 13.1 Å². The van der Waals surface area contributed by atoms with E-state index in [2.05, 4.69) is 70.0 Å². The van der Waals surface area contributed by atoms with Gasteiger partial charge in [-0.25, -0.2) is 0 Å². The minimum atomic E-state index is 0.551. The highest BCUT2D eigenvalue weighted by atomic mass is 15.3. The molecule has 1 saturated heterocycles. The summed E-state index contributed by atoms with van der Waals surface area (Å²) in [4.78, 5) is 2.57. The van der Waals surface area contributed by atoms with Crippen LogP contribution in [0.5, 0.6) is 0 Å². The van der Waals surface area contributed by atoms with E-state index in [9.17, 15) is 0 Å². The van der Waals surface area contributed by atoms with Gasteiger partial charge in [-0.05, 0) is 61.4 Å². The molecule has 0 N–H and O–H groups in total. The highest BCUT2D eigenvalue weighted by molar-refractivity contribution is 5.61. The Kier molecular flexibility index (Phi) is 5.63.